The van der Waals surface area contributed by atoms with Gasteiger partial charge in [-0.15, -0.1) is 11.8 Å². The van der Waals surface area contributed by atoms with E-state index in [0.717, 1.165) is 0 Å². The van der Waals surface area contributed by atoms with Crippen LogP contribution < -0.4 is 10.1 Å². The largest absolute Gasteiger partial charge is 0.508 e. The fourth-order valence-corrected chi connectivity index (χ4v) is 3.31. The maximum absolute atomic E-state index is 11.6. The van der Waals surface area contributed by atoms with Gasteiger partial charge in [-0.05, 0) is 25.1 Å². The number of carbonyl (C=O) groups is 1. The van der Waals surface area contributed by atoms with E-state index >= 15 is 0 Å². The minimum absolute atomic E-state index is 0.0488. The third-order valence-corrected chi connectivity index (χ3v) is 4.50. The van der Waals surface area contributed by atoms with Crippen molar-refractivity contribution in [3.05, 3.63) is 23.8 Å². The standard InChI is InChI=1S/C12H15NO4S/c1-7-6-18-12(13-7,11(15)16)9-5-8(17-2)3-4-10(9)14/h3-5,7,13-14H,6H2,1-2H3,(H,15,16)/t7?,12-/m0/s1. The van der Waals surface area contributed by atoms with Gasteiger partial charge in [0.2, 0.25) is 0 Å². The van der Waals surface area contributed by atoms with Crippen molar-refractivity contribution in [3.63, 3.8) is 0 Å². The molecule has 5 nitrogen and oxygen atoms in total. The molecule has 0 saturated carbocycles. The van der Waals surface area contributed by atoms with Crippen molar-refractivity contribution in [1.29, 1.82) is 0 Å². The highest BCUT2D eigenvalue weighted by Gasteiger charge is 2.48. The molecule has 1 heterocycles. The Bertz CT molecular complexity index is 479. The van der Waals surface area contributed by atoms with Crippen LogP contribution in [0.15, 0.2) is 18.2 Å². The van der Waals surface area contributed by atoms with E-state index in [1.54, 1.807) is 12.1 Å². The topological polar surface area (TPSA) is 78.8 Å². The Morgan fingerprint density at radius 2 is 2.33 bits per heavy atom. The van der Waals surface area contributed by atoms with Gasteiger partial charge in [0.15, 0.2) is 4.87 Å². The summed E-state index contributed by atoms with van der Waals surface area (Å²) < 4.78 is 5.08. The summed E-state index contributed by atoms with van der Waals surface area (Å²) in [5, 5.41) is 22.4. The van der Waals surface area contributed by atoms with Gasteiger partial charge >= 0.3 is 5.97 Å². The summed E-state index contributed by atoms with van der Waals surface area (Å²) in [6.45, 7) is 1.91. The van der Waals surface area contributed by atoms with Crippen molar-refractivity contribution in [2.45, 2.75) is 17.8 Å². The van der Waals surface area contributed by atoms with Gasteiger partial charge in [0.1, 0.15) is 11.5 Å². The average molecular weight is 269 g/mol. The van der Waals surface area contributed by atoms with E-state index in [1.807, 2.05) is 6.92 Å². The number of carboxylic acid groups (broad SMARTS) is 1. The van der Waals surface area contributed by atoms with Crippen LogP contribution in [0.2, 0.25) is 0 Å². The van der Waals surface area contributed by atoms with Gasteiger partial charge in [0.05, 0.1) is 7.11 Å². The van der Waals surface area contributed by atoms with E-state index in [-0.39, 0.29) is 11.8 Å². The van der Waals surface area contributed by atoms with Crippen LogP contribution in [0.5, 0.6) is 11.5 Å². The maximum Gasteiger partial charge on any atom is 0.339 e. The maximum atomic E-state index is 11.6. The monoisotopic (exact) mass is 269 g/mol. The average Bonchev–Trinajstić information content (AvgIpc) is 2.73. The molecule has 1 aromatic rings. The van der Waals surface area contributed by atoms with Crippen LogP contribution in [0, 0.1) is 0 Å². The number of hydrogen-bond acceptors (Lipinski definition) is 5. The molecule has 0 aliphatic carbocycles. The third kappa shape index (κ3) is 2.02. The Balaban J connectivity index is 2.53. The van der Waals surface area contributed by atoms with Gasteiger partial charge in [-0.2, -0.15) is 0 Å². The van der Waals surface area contributed by atoms with Crippen LogP contribution >= 0.6 is 11.8 Å². The van der Waals surface area contributed by atoms with E-state index in [4.69, 9.17) is 4.74 Å². The predicted octanol–water partition coefficient (Wildman–Crippen LogP) is 1.36. The van der Waals surface area contributed by atoms with Gasteiger partial charge in [0, 0.05) is 17.4 Å². The van der Waals surface area contributed by atoms with Gasteiger partial charge in [-0.25, -0.2) is 4.79 Å². The minimum atomic E-state index is -1.31. The summed E-state index contributed by atoms with van der Waals surface area (Å²) in [4.78, 5) is 10.3. The van der Waals surface area contributed by atoms with Crippen molar-refractivity contribution in [2.24, 2.45) is 0 Å². The lowest BCUT2D eigenvalue weighted by molar-refractivity contribution is -0.141. The van der Waals surface area contributed by atoms with Gasteiger partial charge < -0.3 is 14.9 Å². The van der Waals surface area contributed by atoms with Crippen molar-refractivity contribution >= 4 is 17.7 Å². The molecule has 2 rings (SSSR count). The first-order chi connectivity index (χ1) is 8.49. The van der Waals surface area contributed by atoms with Crippen LogP contribution in [0.1, 0.15) is 12.5 Å². The molecule has 0 aromatic heterocycles. The van der Waals surface area contributed by atoms with Crippen LogP contribution in [-0.2, 0) is 9.67 Å². The first-order valence-corrected chi connectivity index (χ1v) is 6.50. The number of methoxy groups -OCH3 is 1. The number of ether oxygens (including phenoxy) is 1. The van der Waals surface area contributed by atoms with Gasteiger partial charge in [-0.3, -0.25) is 5.32 Å². The number of rotatable bonds is 3. The zero-order valence-corrected chi connectivity index (χ0v) is 11.0. The lowest BCUT2D eigenvalue weighted by Crippen LogP contribution is -2.44. The quantitative estimate of drug-likeness (QED) is 0.769. The molecule has 6 heteroatoms. The Morgan fingerprint density at radius 1 is 1.61 bits per heavy atom. The summed E-state index contributed by atoms with van der Waals surface area (Å²) in [5.74, 6) is 0.126. The van der Waals surface area contributed by atoms with Crippen LogP contribution in [0.3, 0.4) is 0 Å². The van der Waals surface area contributed by atoms with Gasteiger partial charge in [-0.1, -0.05) is 0 Å². The summed E-state index contributed by atoms with van der Waals surface area (Å²) in [7, 11) is 1.50. The van der Waals surface area contributed by atoms with E-state index in [9.17, 15) is 15.0 Å². The van der Waals surface area contributed by atoms with Crippen LogP contribution in [-0.4, -0.2) is 35.1 Å². The summed E-state index contributed by atoms with van der Waals surface area (Å²) >= 11 is 1.27. The lowest BCUT2D eigenvalue weighted by atomic mass is 10.0. The highest BCUT2D eigenvalue weighted by atomic mass is 32.2. The summed E-state index contributed by atoms with van der Waals surface area (Å²) in [6, 6.07) is 4.67. The van der Waals surface area contributed by atoms with Crippen molar-refractivity contribution < 1.29 is 19.7 Å². The smallest absolute Gasteiger partial charge is 0.339 e. The van der Waals surface area contributed by atoms with E-state index in [0.29, 0.717) is 17.1 Å². The van der Waals surface area contributed by atoms with Crippen molar-refractivity contribution in [3.8, 4) is 11.5 Å². The number of nitrogens with one attached hydrogen (secondary N) is 1. The first-order valence-electron chi connectivity index (χ1n) is 5.52. The Hall–Kier alpha value is -1.40. The van der Waals surface area contributed by atoms with Crippen molar-refractivity contribution in [2.75, 3.05) is 12.9 Å². The Morgan fingerprint density at radius 3 is 2.83 bits per heavy atom. The lowest BCUT2D eigenvalue weighted by Gasteiger charge is -2.26. The number of thioether (sulfide) groups is 1. The molecule has 98 valence electrons. The molecule has 0 bridgehead atoms. The molecule has 1 fully saturated rings. The van der Waals surface area contributed by atoms with E-state index < -0.39 is 10.8 Å². The van der Waals surface area contributed by atoms with Crippen LogP contribution in [0.25, 0.3) is 0 Å². The van der Waals surface area contributed by atoms with Gasteiger partial charge in [0.25, 0.3) is 0 Å². The normalized spacial score (nSPS) is 27.1. The zero-order valence-electron chi connectivity index (χ0n) is 10.1. The number of carboxylic acids is 1. The number of aromatic hydroxyl groups is 1. The molecule has 1 saturated heterocycles. The molecule has 1 aliphatic rings. The zero-order chi connectivity index (χ0) is 13.3. The number of phenolic OH excluding ortho intramolecular Hbond substituents is 1. The SMILES string of the molecule is COc1ccc(O)c([C@]2(C(=O)O)NC(C)CS2)c1. The molecule has 1 aromatic carbocycles. The molecular formula is C12H15NO4S. The minimum Gasteiger partial charge on any atom is -0.508 e. The predicted molar refractivity (Wildman–Crippen MR) is 69.0 cm³/mol. The Kier molecular flexibility index (Phi) is 3.41. The highest BCUT2D eigenvalue weighted by molar-refractivity contribution is 8.01. The number of hydrogen-bond donors (Lipinski definition) is 3. The fourth-order valence-electron chi connectivity index (χ4n) is 2.00. The third-order valence-electron chi connectivity index (χ3n) is 2.88. The molecule has 0 amide bonds. The second kappa shape index (κ2) is 4.70. The van der Waals surface area contributed by atoms with E-state index in [1.165, 1.54) is 24.9 Å². The van der Waals surface area contributed by atoms with Crippen LogP contribution in [0.4, 0.5) is 0 Å². The number of benzene rings is 1. The number of phenols is 1. The summed E-state index contributed by atoms with van der Waals surface area (Å²) in [5.41, 5.74) is 0.323. The molecule has 18 heavy (non-hydrogen) atoms. The van der Waals surface area contributed by atoms with E-state index in [2.05, 4.69) is 5.32 Å². The molecular weight excluding hydrogens is 254 g/mol. The summed E-state index contributed by atoms with van der Waals surface area (Å²) in [6.07, 6.45) is 0. The molecule has 0 spiro atoms. The first kappa shape index (κ1) is 13.0. The number of aliphatic carboxylic acids is 1. The highest BCUT2D eigenvalue weighted by Crippen LogP contribution is 2.44. The molecule has 1 unspecified atom stereocenters. The molecule has 0 radical (unpaired) electrons. The Labute approximate surface area is 109 Å². The second-order valence-electron chi connectivity index (χ2n) is 4.23. The second-order valence-corrected chi connectivity index (χ2v) is 5.46. The molecule has 1 aliphatic heterocycles. The molecule has 3 N–H and O–H groups in total. The molecule has 2 atom stereocenters. The fraction of sp³-hybridized carbons (Fsp3) is 0.417. The van der Waals surface area contributed by atoms with Crippen molar-refractivity contribution in [1.82, 2.24) is 5.32 Å².